The minimum absolute atomic E-state index is 0.0524. The van der Waals surface area contributed by atoms with Crippen LogP contribution in [0.4, 0.5) is 13.2 Å². The maximum atomic E-state index is 12.1. The van der Waals surface area contributed by atoms with Gasteiger partial charge in [0.2, 0.25) is 0 Å². The Morgan fingerprint density at radius 2 is 2.21 bits per heavy atom. The highest BCUT2D eigenvalue weighted by atomic mass is 19.4. The van der Waals surface area contributed by atoms with Crippen LogP contribution in [0, 0.1) is 11.8 Å². The number of halogens is 3. The SMILES string of the molecule is COC(=O)C(N)CC1CC1C(F)(F)F. The zero-order chi connectivity index (χ0) is 10.9. The number of rotatable bonds is 3. The van der Waals surface area contributed by atoms with E-state index in [1.807, 2.05) is 0 Å². The summed E-state index contributed by atoms with van der Waals surface area (Å²) in [6, 6.07) is -0.933. The average Bonchev–Trinajstić information content (AvgIpc) is 2.81. The predicted octanol–water partition coefficient (Wildman–Crippen LogP) is 1.08. The molecule has 1 aliphatic rings. The molecule has 0 amide bonds. The van der Waals surface area contributed by atoms with E-state index >= 15 is 0 Å². The first kappa shape index (κ1) is 11.3. The highest BCUT2D eigenvalue weighted by molar-refractivity contribution is 5.75. The van der Waals surface area contributed by atoms with Crippen LogP contribution in [0.3, 0.4) is 0 Å². The number of esters is 1. The van der Waals surface area contributed by atoms with Crippen molar-refractivity contribution < 1.29 is 22.7 Å². The van der Waals surface area contributed by atoms with Gasteiger partial charge in [-0.05, 0) is 18.8 Å². The Balaban J connectivity index is 2.32. The molecule has 1 saturated carbocycles. The van der Waals surface area contributed by atoms with E-state index in [-0.39, 0.29) is 12.8 Å². The first-order chi connectivity index (χ1) is 6.36. The number of carbonyl (C=O) groups excluding carboxylic acids is 1. The maximum Gasteiger partial charge on any atom is 0.392 e. The molecule has 0 aromatic rings. The van der Waals surface area contributed by atoms with Gasteiger partial charge in [-0.1, -0.05) is 0 Å². The Hall–Kier alpha value is -0.780. The van der Waals surface area contributed by atoms with Gasteiger partial charge in [-0.15, -0.1) is 0 Å². The smallest absolute Gasteiger partial charge is 0.392 e. The van der Waals surface area contributed by atoms with Gasteiger partial charge in [0.1, 0.15) is 6.04 Å². The lowest BCUT2D eigenvalue weighted by molar-refractivity contribution is -0.152. The second-order valence-corrected chi connectivity index (χ2v) is 3.51. The van der Waals surface area contributed by atoms with E-state index < -0.39 is 30.0 Å². The molecule has 0 bridgehead atoms. The van der Waals surface area contributed by atoms with Gasteiger partial charge in [0, 0.05) is 0 Å². The number of hydrogen-bond acceptors (Lipinski definition) is 3. The van der Waals surface area contributed by atoms with Gasteiger partial charge in [-0.3, -0.25) is 4.79 Å². The fraction of sp³-hybridized carbons (Fsp3) is 0.875. The van der Waals surface area contributed by atoms with Gasteiger partial charge in [0.25, 0.3) is 0 Å². The molecule has 1 fully saturated rings. The van der Waals surface area contributed by atoms with Crippen molar-refractivity contribution in [3.63, 3.8) is 0 Å². The van der Waals surface area contributed by atoms with E-state index in [1.54, 1.807) is 0 Å². The lowest BCUT2D eigenvalue weighted by Gasteiger charge is -2.09. The highest BCUT2D eigenvalue weighted by Gasteiger charge is 2.55. The normalized spacial score (nSPS) is 28.4. The second-order valence-electron chi connectivity index (χ2n) is 3.51. The third-order valence-corrected chi connectivity index (χ3v) is 2.40. The Labute approximate surface area is 79.4 Å². The lowest BCUT2D eigenvalue weighted by Crippen LogP contribution is -2.32. The number of ether oxygens (including phenoxy) is 1. The summed E-state index contributed by atoms with van der Waals surface area (Å²) < 4.78 is 40.5. The van der Waals surface area contributed by atoms with Gasteiger partial charge in [0.15, 0.2) is 0 Å². The van der Waals surface area contributed by atoms with Crippen molar-refractivity contribution >= 4 is 5.97 Å². The summed E-state index contributed by atoms with van der Waals surface area (Å²) in [5.41, 5.74) is 5.33. The second kappa shape index (κ2) is 3.76. The number of alkyl halides is 3. The third kappa shape index (κ3) is 2.60. The minimum Gasteiger partial charge on any atom is -0.468 e. The number of hydrogen-bond donors (Lipinski definition) is 1. The van der Waals surface area contributed by atoms with E-state index in [1.165, 1.54) is 0 Å². The predicted molar refractivity (Wildman–Crippen MR) is 42.3 cm³/mol. The molecule has 0 aliphatic heterocycles. The minimum atomic E-state index is -4.15. The first-order valence-electron chi connectivity index (χ1n) is 4.26. The quantitative estimate of drug-likeness (QED) is 0.710. The van der Waals surface area contributed by atoms with Crippen molar-refractivity contribution in [2.75, 3.05) is 7.11 Å². The summed E-state index contributed by atoms with van der Waals surface area (Å²) in [5, 5.41) is 0. The van der Waals surface area contributed by atoms with Crippen molar-refractivity contribution in [3.8, 4) is 0 Å². The largest absolute Gasteiger partial charge is 0.468 e. The molecule has 0 radical (unpaired) electrons. The molecule has 82 valence electrons. The molecule has 0 aromatic heterocycles. The zero-order valence-electron chi connectivity index (χ0n) is 7.67. The molecule has 0 saturated heterocycles. The van der Waals surface area contributed by atoms with Crippen molar-refractivity contribution in [1.29, 1.82) is 0 Å². The van der Waals surface area contributed by atoms with Crippen LogP contribution in [-0.2, 0) is 9.53 Å². The molecule has 14 heavy (non-hydrogen) atoms. The summed E-state index contributed by atoms with van der Waals surface area (Å²) in [6.07, 6.45) is -4.02. The van der Waals surface area contributed by atoms with Gasteiger partial charge < -0.3 is 10.5 Å². The Morgan fingerprint density at radius 1 is 1.64 bits per heavy atom. The zero-order valence-corrected chi connectivity index (χ0v) is 7.67. The first-order valence-corrected chi connectivity index (χ1v) is 4.26. The van der Waals surface area contributed by atoms with E-state index in [2.05, 4.69) is 4.74 Å². The molecule has 1 aliphatic carbocycles. The van der Waals surface area contributed by atoms with Crippen molar-refractivity contribution in [3.05, 3.63) is 0 Å². The van der Waals surface area contributed by atoms with Crippen LogP contribution in [0.15, 0.2) is 0 Å². The van der Waals surface area contributed by atoms with Crippen molar-refractivity contribution in [2.45, 2.75) is 25.1 Å². The van der Waals surface area contributed by atoms with Crippen LogP contribution >= 0.6 is 0 Å². The van der Waals surface area contributed by atoms with Crippen LogP contribution in [0.1, 0.15) is 12.8 Å². The van der Waals surface area contributed by atoms with Crippen LogP contribution in [0.25, 0.3) is 0 Å². The van der Waals surface area contributed by atoms with E-state index in [0.29, 0.717) is 0 Å². The average molecular weight is 211 g/mol. The molecule has 0 heterocycles. The number of carbonyl (C=O) groups is 1. The van der Waals surface area contributed by atoms with E-state index in [9.17, 15) is 18.0 Å². The summed E-state index contributed by atoms with van der Waals surface area (Å²) in [5.74, 6) is -2.44. The lowest BCUT2D eigenvalue weighted by atomic mass is 10.1. The van der Waals surface area contributed by atoms with Crippen molar-refractivity contribution in [2.24, 2.45) is 17.6 Å². The summed E-state index contributed by atoms with van der Waals surface area (Å²) in [6.45, 7) is 0. The molecule has 6 heteroatoms. The van der Waals surface area contributed by atoms with Gasteiger partial charge >= 0.3 is 12.1 Å². The molecule has 2 N–H and O–H groups in total. The monoisotopic (exact) mass is 211 g/mol. The Bertz CT molecular complexity index is 229. The van der Waals surface area contributed by atoms with Crippen LogP contribution in [0.2, 0.25) is 0 Å². The Morgan fingerprint density at radius 3 is 2.57 bits per heavy atom. The third-order valence-electron chi connectivity index (χ3n) is 2.40. The van der Waals surface area contributed by atoms with Gasteiger partial charge in [-0.2, -0.15) is 13.2 Å². The van der Waals surface area contributed by atoms with E-state index in [4.69, 9.17) is 5.73 Å². The summed E-state index contributed by atoms with van der Waals surface area (Å²) >= 11 is 0. The summed E-state index contributed by atoms with van der Waals surface area (Å²) in [7, 11) is 1.16. The molecule has 0 spiro atoms. The number of methoxy groups -OCH3 is 1. The van der Waals surface area contributed by atoms with Crippen molar-refractivity contribution in [1.82, 2.24) is 0 Å². The Kier molecular flexibility index (Phi) is 3.04. The standard InChI is InChI=1S/C8H12F3NO2/c1-14-7(13)6(12)3-4-2-5(4)8(9,10)11/h4-6H,2-3,12H2,1H3. The molecular weight excluding hydrogens is 199 g/mol. The molecule has 1 rings (SSSR count). The molecule has 3 atom stereocenters. The fourth-order valence-corrected chi connectivity index (χ4v) is 1.48. The fourth-order valence-electron chi connectivity index (χ4n) is 1.48. The molecule has 3 nitrogen and oxygen atoms in total. The highest BCUT2D eigenvalue weighted by Crippen LogP contribution is 2.52. The summed E-state index contributed by atoms with van der Waals surface area (Å²) in [4.78, 5) is 10.8. The van der Waals surface area contributed by atoms with Gasteiger partial charge in [0.05, 0.1) is 13.0 Å². The molecular formula is C8H12F3NO2. The maximum absolute atomic E-state index is 12.1. The van der Waals surface area contributed by atoms with E-state index in [0.717, 1.165) is 7.11 Å². The topological polar surface area (TPSA) is 52.3 Å². The van der Waals surface area contributed by atoms with Crippen LogP contribution in [0.5, 0.6) is 0 Å². The van der Waals surface area contributed by atoms with Crippen LogP contribution in [-0.4, -0.2) is 25.3 Å². The van der Waals surface area contributed by atoms with Gasteiger partial charge in [-0.25, -0.2) is 0 Å². The molecule has 0 aromatic carbocycles. The molecule has 3 unspecified atom stereocenters. The van der Waals surface area contributed by atoms with Crippen LogP contribution < -0.4 is 5.73 Å². The number of nitrogens with two attached hydrogens (primary N) is 1.